The van der Waals surface area contributed by atoms with Crippen molar-refractivity contribution in [2.75, 3.05) is 37.6 Å². The topological polar surface area (TPSA) is 48.5 Å². The number of carbonyl (C=O) groups is 1. The third-order valence-electron chi connectivity index (χ3n) is 3.74. The maximum Gasteiger partial charge on any atom is 0.234 e. The first-order valence-electron chi connectivity index (χ1n) is 7.74. The van der Waals surface area contributed by atoms with Crippen molar-refractivity contribution >= 4 is 32.6 Å². The van der Waals surface area contributed by atoms with E-state index < -0.39 is 0 Å². The van der Waals surface area contributed by atoms with E-state index in [1.807, 2.05) is 19.9 Å². The van der Waals surface area contributed by atoms with E-state index in [0.29, 0.717) is 6.54 Å². The molecule has 1 aliphatic rings. The van der Waals surface area contributed by atoms with Crippen molar-refractivity contribution in [2.45, 2.75) is 19.9 Å². The van der Waals surface area contributed by atoms with Gasteiger partial charge in [0, 0.05) is 32.2 Å². The van der Waals surface area contributed by atoms with Gasteiger partial charge in [-0.05, 0) is 26.0 Å². The number of aromatic nitrogens is 1. The van der Waals surface area contributed by atoms with Gasteiger partial charge in [-0.15, -0.1) is 0 Å². The normalized spacial score (nSPS) is 16.4. The highest BCUT2D eigenvalue weighted by molar-refractivity contribution is 7.22. The Kier molecular flexibility index (Phi) is 4.59. The number of nitrogens with zero attached hydrogens (tertiary/aromatic N) is 3. The fourth-order valence-electron chi connectivity index (χ4n) is 2.66. The summed E-state index contributed by atoms with van der Waals surface area (Å²) in [6.45, 7) is 8.13. The molecule has 1 N–H and O–H groups in total. The number of piperazine rings is 1. The Labute approximate surface area is 134 Å². The van der Waals surface area contributed by atoms with Crippen molar-refractivity contribution in [2.24, 2.45) is 0 Å². The van der Waals surface area contributed by atoms with Crippen LogP contribution in [0.2, 0.25) is 0 Å². The fourth-order valence-corrected chi connectivity index (χ4v) is 3.68. The number of hydrogen-bond donors (Lipinski definition) is 1. The SMILES string of the molecule is CC(C)NC(=O)CN1CCN(c2nc3ccccc3s2)CC1. The summed E-state index contributed by atoms with van der Waals surface area (Å²) in [5.41, 5.74) is 1.07. The average molecular weight is 318 g/mol. The first-order chi connectivity index (χ1) is 10.6. The molecule has 1 saturated heterocycles. The number of fused-ring (bicyclic) bond motifs is 1. The van der Waals surface area contributed by atoms with Gasteiger partial charge in [-0.25, -0.2) is 4.98 Å². The Morgan fingerprint density at radius 3 is 2.68 bits per heavy atom. The van der Waals surface area contributed by atoms with Crippen LogP contribution in [0.25, 0.3) is 10.2 Å². The zero-order valence-electron chi connectivity index (χ0n) is 13.1. The fraction of sp³-hybridized carbons (Fsp3) is 0.500. The lowest BCUT2D eigenvalue weighted by atomic mass is 10.3. The molecule has 6 heteroatoms. The first kappa shape index (κ1) is 15.2. The highest BCUT2D eigenvalue weighted by atomic mass is 32.1. The van der Waals surface area contributed by atoms with Crippen LogP contribution < -0.4 is 10.2 Å². The third kappa shape index (κ3) is 3.56. The van der Waals surface area contributed by atoms with Crippen LogP contribution in [-0.2, 0) is 4.79 Å². The maximum absolute atomic E-state index is 11.8. The molecule has 1 aliphatic heterocycles. The number of amides is 1. The number of para-hydroxylation sites is 1. The lowest BCUT2D eigenvalue weighted by Crippen LogP contribution is -2.50. The summed E-state index contributed by atoms with van der Waals surface area (Å²) in [5.74, 6) is 0.114. The number of rotatable bonds is 4. The lowest BCUT2D eigenvalue weighted by molar-refractivity contribution is -0.122. The molecular formula is C16H22N4OS. The van der Waals surface area contributed by atoms with Crippen LogP contribution in [0.5, 0.6) is 0 Å². The van der Waals surface area contributed by atoms with Crippen molar-refractivity contribution in [1.82, 2.24) is 15.2 Å². The van der Waals surface area contributed by atoms with Gasteiger partial charge < -0.3 is 10.2 Å². The number of thiazole rings is 1. The molecule has 3 rings (SSSR count). The van der Waals surface area contributed by atoms with Crippen molar-refractivity contribution in [3.63, 3.8) is 0 Å². The Hall–Kier alpha value is -1.66. The predicted molar refractivity (Wildman–Crippen MR) is 91.6 cm³/mol. The van der Waals surface area contributed by atoms with Gasteiger partial charge in [-0.1, -0.05) is 23.5 Å². The first-order valence-corrected chi connectivity index (χ1v) is 8.56. The molecule has 2 aromatic rings. The standard InChI is InChI=1S/C16H22N4OS/c1-12(2)17-15(21)11-19-7-9-20(10-8-19)16-18-13-5-3-4-6-14(13)22-16/h3-6,12H,7-11H2,1-2H3,(H,17,21). The maximum atomic E-state index is 11.8. The monoisotopic (exact) mass is 318 g/mol. The minimum atomic E-state index is 0.114. The zero-order valence-corrected chi connectivity index (χ0v) is 13.9. The van der Waals surface area contributed by atoms with E-state index in [9.17, 15) is 4.79 Å². The molecule has 1 amide bonds. The molecule has 0 spiro atoms. The molecule has 1 fully saturated rings. The predicted octanol–water partition coefficient (Wildman–Crippen LogP) is 1.94. The molecule has 1 aromatic heterocycles. The number of benzene rings is 1. The Morgan fingerprint density at radius 1 is 1.27 bits per heavy atom. The summed E-state index contributed by atoms with van der Waals surface area (Å²) in [7, 11) is 0. The molecular weight excluding hydrogens is 296 g/mol. The molecule has 5 nitrogen and oxygen atoms in total. The minimum Gasteiger partial charge on any atom is -0.353 e. The van der Waals surface area contributed by atoms with Crippen LogP contribution in [0.3, 0.4) is 0 Å². The van der Waals surface area contributed by atoms with E-state index in [1.54, 1.807) is 11.3 Å². The smallest absolute Gasteiger partial charge is 0.234 e. The van der Waals surface area contributed by atoms with Crippen LogP contribution in [0.4, 0.5) is 5.13 Å². The van der Waals surface area contributed by atoms with Gasteiger partial charge in [0.25, 0.3) is 0 Å². The molecule has 2 heterocycles. The third-order valence-corrected chi connectivity index (χ3v) is 4.84. The molecule has 0 unspecified atom stereocenters. The van der Waals surface area contributed by atoms with Crippen LogP contribution in [0.1, 0.15) is 13.8 Å². The zero-order chi connectivity index (χ0) is 15.5. The van der Waals surface area contributed by atoms with Gasteiger partial charge in [0.15, 0.2) is 5.13 Å². The van der Waals surface area contributed by atoms with Gasteiger partial charge in [0.2, 0.25) is 5.91 Å². The van der Waals surface area contributed by atoms with E-state index in [2.05, 4.69) is 33.3 Å². The van der Waals surface area contributed by atoms with E-state index in [1.165, 1.54) is 4.70 Å². The van der Waals surface area contributed by atoms with Gasteiger partial charge >= 0.3 is 0 Å². The Bertz CT molecular complexity index is 613. The van der Waals surface area contributed by atoms with Crippen molar-refractivity contribution in [1.29, 1.82) is 0 Å². The van der Waals surface area contributed by atoms with Gasteiger partial charge in [0.05, 0.1) is 16.8 Å². The molecule has 0 bridgehead atoms. The number of carbonyl (C=O) groups excluding carboxylic acids is 1. The minimum absolute atomic E-state index is 0.114. The quantitative estimate of drug-likeness (QED) is 0.936. The second-order valence-electron chi connectivity index (χ2n) is 5.95. The molecule has 1 aromatic carbocycles. The van der Waals surface area contributed by atoms with E-state index in [-0.39, 0.29) is 11.9 Å². The summed E-state index contributed by atoms with van der Waals surface area (Å²) in [4.78, 5) is 21.1. The van der Waals surface area contributed by atoms with Gasteiger partial charge in [0.1, 0.15) is 0 Å². The molecule has 0 aliphatic carbocycles. The largest absolute Gasteiger partial charge is 0.353 e. The second-order valence-corrected chi connectivity index (χ2v) is 6.96. The van der Waals surface area contributed by atoms with Gasteiger partial charge in [-0.3, -0.25) is 9.69 Å². The summed E-state index contributed by atoms with van der Waals surface area (Å²) < 4.78 is 1.23. The lowest BCUT2D eigenvalue weighted by Gasteiger charge is -2.34. The van der Waals surface area contributed by atoms with Crippen LogP contribution in [0.15, 0.2) is 24.3 Å². The number of anilines is 1. The van der Waals surface area contributed by atoms with E-state index >= 15 is 0 Å². The summed E-state index contributed by atoms with van der Waals surface area (Å²) in [6.07, 6.45) is 0. The van der Waals surface area contributed by atoms with E-state index in [0.717, 1.165) is 36.8 Å². The molecule has 0 saturated carbocycles. The van der Waals surface area contributed by atoms with Crippen molar-refractivity contribution in [3.8, 4) is 0 Å². The summed E-state index contributed by atoms with van der Waals surface area (Å²) >= 11 is 1.74. The summed E-state index contributed by atoms with van der Waals surface area (Å²) in [5, 5.41) is 4.04. The molecule has 118 valence electrons. The number of nitrogens with one attached hydrogen (secondary N) is 1. The average Bonchev–Trinajstić information content (AvgIpc) is 2.91. The van der Waals surface area contributed by atoms with Crippen LogP contribution >= 0.6 is 11.3 Å². The van der Waals surface area contributed by atoms with Gasteiger partial charge in [-0.2, -0.15) is 0 Å². The second kappa shape index (κ2) is 6.62. The molecule has 22 heavy (non-hydrogen) atoms. The number of hydrogen-bond acceptors (Lipinski definition) is 5. The van der Waals surface area contributed by atoms with Crippen molar-refractivity contribution < 1.29 is 4.79 Å². The summed E-state index contributed by atoms with van der Waals surface area (Å²) in [6, 6.07) is 8.45. The van der Waals surface area contributed by atoms with Crippen molar-refractivity contribution in [3.05, 3.63) is 24.3 Å². The van der Waals surface area contributed by atoms with E-state index in [4.69, 9.17) is 4.98 Å². The Balaban J connectivity index is 1.56. The van der Waals surface area contributed by atoms with Crippen LogP contribution in [-0.4, -0.2) is 54.6 Å². The molecule has 0 radical (unpaired) electrons. The van der Waals surface area contributed by atoms with Crippen LogP contribution in [0, 0.1) is 0 Å². The highest BCUT2D eigenvalue weighted by Crippen LogP contribution is 2.28. The highest BCUT2D eigenvalue weighted by Gasteiger charge is 2.21. The molecule has 0 atom stereocenters. The Morgan fingerprint density at radius 2 is 2.00 bits per heavy atom.